The van der Waals surface area contributed by atoms with Crippen LogP contribution in [0, 0.1) is 11.3 Å². The molecule has 1 aliphatic carbocycles. The average Bonchev–Trinajstić information content (AvgIpc) is 2.94. The number of hydrogen-bond acceptors (Lipinski definition) is 4. The van der Waals surface area contributed by atoms with Gasteiger partial charge in [0.05, 0.1) is 20.3 Å². The minimum absolute atomic E-state index is 0.105. The maximum absolute atomic E-state index is 12.4. The summed E-state index contributed by atoms with van der Waals surface area (Å²) in [7, 11) is 3.08. The number of hydrogen-bond donors (Lipinski definition) is 0. The summed E-state index contributed by atoms with van der Waals surface area (Å²) < 4.78 is 10.3. The summed E-state index contributed by atoms with van der Waals surface area (Å²) in [6.07, 6.45) is 2.23. The molecule has 19 heavy (non-hydrogen) atoms. The van der Waals surface area contributed by atoms with Gasteiger partial charge in [0.2, 0.25) is 0 Å². The maximum atomic E-state index is 12.4. The highest BCUT2D eigenvalue weighted by Crippen LogP contribution is 2.30. The van der Waals surface area contributed by atoms with Gasteiger partial charge in [-0.1, -0.05) is 0 Å². The Morgan fingerprint density at radius 1 is 1.16 bits per heavy atom. The van der Waals surface area contributed by atoms with Crippen LogP contribution >= 0.6 is 0 Å². The Hall–Kier alpha value is -2.28. The van der Waals surface area contributed by atoms with Crippen molar-refractivity contribution >= 4 is 5.78 Å². The van der Waals surface area contributed by atoms with E-state index in [0.29, 0.717) is 41.1 Å². The van der Waals surface area contributed by atoms with Gasteiger partial charge in [-0.3, -0.25) is 4.79 Å². The van der Waals surface area contributed by atoms with Gasteiger partial charge in [-0.15, -0.1) is 0 Å². The lowest BCUT2D eigenvalue weighted by molar-refractivity contribution is 0.103. The summed E-state index contributed by atoms with van der Waals surface area (Å²) in [6, 6.07) is 7.18. The Bertz CT molecular complexity index is 559. The summed E-state index contributed by atoms with van der Waals surface area (Å²) in [5.41, 5.74) is 1.73. The molecule has 0 bridgehead atoms. The number of allylic oxidation sites excluding steroid dienone is 2. The third-order valence-corrected chi connectivity index (χ3v) is 3.24. The predicted octanol–water partition coefficient (Wildman–Crippen LogP) is 2.89. The Labute approximate surface area is 112 Å². The van der Waals surface area contributed by atoms with Crippen molar-refractivity contribution in [1.82, 2.24) is 0 Å². The van der Waals surface area contributed by atoms with E-state index in [9.17, 15) is 4.79 Å². The van der Waals surface area contributed by atoms with E-state index in [-0.39, 0.29) is 5.78 Å². The Morgan fingerprint density at radius 3 is 2.32 bits per heavy atom. The van der Waals surface area contributed by atoms with Crippen LogP contribution in [0.25, 0.3) is 0 Å². The maximum Gasteiger partial charge on any atom is 0.190 e. The zero-order chi connectivity index (χ0) is 13.8. The highest BCUT2D eigenvalue weighted by atomic mass is 16.5. The second-order valence-electron chi connectivity index (χ2n) is 4.35. The van der Waals surface area contributed by atoms with Crippen LogP contribution in [0.4, 0.5) is 0 Å². The minimum Gasteiger partial charge on any atom is -0.497 e. The number of nitriles is 1. The molecule has 0 spiro atoms. The van der Waals surface area contributed by atoms with Gasteiger partial charge in [0.1, 0.15) is 11.5 Å². The van der Waals surface area contributed by atoms with E-state index in [2.05, 4.69) is 6.07 Å². The quantitative estimate of drug-likeness (QED) is 0.778. The lowest BCUT2D eigenvalue weighted by Gasteiger charge is -2.08. The Morgan fingerprint density at radius 2 is 1.79 bits per heavy atom. The first kappa shape index (κ1) is 13.2. The van der Waals surface area contributed by atoms with Crippen LogP contribution in [-0.4, -0.2) is 20.0 Å². The normalized spacial score (nSPS) is 14.2. The largest absolute Gasteiger partial charge is 0.497 e. The number of benzene rings is 1. The number of carbonyl (C=O) groups excluding carboxylic acids is 1. The number of rotatable bonds is 4. The molecule has 1 aromatic carbocycles. The lowest BCUT2D eigenvalue weighted by Crippen LogP contribution is -2.04. The van der Waals surface area contributed by atoms with Crippen molar-refractivity contribution in [2.24, 2.45) is 0 Å². The minimum atomic E-state index is -0.105. The molecule has 0 radical (unpaired) electrons. The Kier molecular flexibility index (Phi) is 3.86. The molecule has 4 heteroatoms. The van der Waals surface area contributed by atoms with Crippen molar-refractivity contribution < 1.29 is 14.3 Å². The molecule has 1 aliphatic rings. The van der Waals surface area contributed by atoms with Crippen molar-refractivity contribution in [2.45, 2.75) is 19.3 Å². The topological polar surface area (TPSA) is 59.3 Å². The van der Waals surface area contributed by atoms with Gasteiger partial charge in [-0.2, -0.15) is 5.26 Å². The van der Waals surface area contributed by atoms with Crippen LogP contribution in [0.2, 0.25) is 0 Å². The van der Waals surface area contributed by atoms with E-state index in [0.717, 1.165) is 6.42 Å². The molecule has 0 heterocycles. The summed E-state index contributed by atoms with van der Waals surface area (Å²) in [6.45, 7) is 0. The van der Waals surface area contributed by atoms with Crippen molar-refractivity contribution in [3.63, 3.8) is 0 Å². The lowest BCUT2D eigenvalue weighted by atomic mass is 10.00. The molecule has 0 atom stereocenters. The monoisotopic (exact) mass is 257 g/mol. The molecule has 2 rings (SSSR count). The van der Waals surface area contributed by atoms with Crippen molar-refractivity contribution in [3.05, 3.63) is 34.9 Å². The van der Waals surface area contributed by atoms with Crippen LogP contribution < -0.4 is 9.47 Å². The Balaban J connectivity index is 2.42. The van der Waals surface area contributed by atoms with Crippen LogP contribution in [0.1, 0.15) is 29.6 Å². The van der Waals surface area contributed by atoms with Gasteiger partial charge in [-0.05, 0) is 31.4 Å². The summed E-state index contributed by atoms with van der Waals surface area (Å²) in [5.74, 6) is 1.03. The zero-order valence-electron chi connectivity index (χ0n) is 11.0. The first-order valence-electron chi connectivity index (χ1n) is 6.09. The van der Waals surface area contributed by atoms with Crippen molar-refractivity contribution in [1.29, 1.82) is 5.26 Å². The number of ether oxygens (including phenoxy) is 2. The molecule has 4 nitrogen and oxygen atoms in total. The number of methoxy groups -OCH3 is 2. The average molecular weight is 257 g/mol. The highest BCUT2D eigenvalue weighted by molar-refractivity contribution is 6.10. The van der Waals surface area contributed by atoms with Gasteiger partial charge < -0.3 is 9.47 Å². The van der Waals surface area contributed by atoms with E-state index in [1.807, 2.05) is 0 Å². The zero-order valence-corrected chi connectivity index (χ0v) is 11.0. The highest BCUT2D eigenvalue weighted by Gasteiger charge is 2.22. The molecule has 98 valence electrons. The smallest absolute Gasteiger partial charge is 0.190 e. The fourth-order valence-electron chi connectivity index (χ4n) is 2.23. The van der Waals surface area contributed by atoms with E-state index >= 15 is 0 Å². The van der Waals surface area contributed by atoms with E-state index < -0.39 is 0 Å². The van der Waals surface area contributed by atoms with Crippen LogP contribution in [0.3, 0.4) is 0 Å². The molecule has 0 unspecified atom stereocenters. The van der Waals surface area contributed by atoms with Crippen molar-refractivity contribution in [3.8, 4) is 17.6 Å². The van der Waals surface area contributed by atoms with Crippen LogP contribution in [0.5, 0.6) is 11.5 Å². The molecule has 0 saturated carbocycles. The predicted molar refractivity (Wildman–Crippen MR) is 70.4 cm³/mol. The third-order valence-electron chi connectivity index (χ3n) is 3.24. The molecule has 0 fully saturated rings. The van der Waals surface area contributed by atoms with Gasteiger partial charge in [0, 0.05) is 22.8 Å². The number of nitrogens with zero attached hydrogens (tertiary/aromatic N) is 1. The van der Waals surface area contributed by atoms with Gasteiger partial charge in [-0.25, -0.2) is 0 Å². The number of Topliss-reactive ketones (excluding diaryl/α,β-unsaturated/α-hetero) is 1. The molecule has 1 aromatic rings. The molecule has 0 aliphatic heterocycles. The van der Waals surface area contributed by atoms with E-state index in [4.69, 9.17) is 14.7 Å². The van der Waals surface area contributed by atoms with Gasteiger partial charge in [0.15, 0.2) is 5.78 Å². The van der Waals surface area contributed by atoms with Gasteiger partial charge >= 0.3 is 0 Å². The summed E-state index contributed by atoms with van der Waals surface area (Å²) in [5, 5.41) is 9.02. The second-order valence-corrected chi connectivity index (χ2v) is 4.35. The number of ketones is 1. The molecular weight excluding hydrogens is 242 g/mol. The molecule has 0 aromatic heterocycles. The summed E-state index contributed by atoms with van der Waals surface area (Å²) in [4.78, 5) is 12.4. The fourth-order valence-corrected chi connectivity index (χ4v) is 2.23. The number of carbonyl (C=O) groups is 1. The third kappa shape index (κ3) is 2.60. The molecular formula is C15H15NO3. The molecule has 0 amide bonds. The molecule has 0 N–H and O–H groups in total. The summed E-state index contributed by atoms with van der Waals surface area (Å²) >= 11 is 0. The fraction of sp³-hybridized carbons (Fsp3) is 0.333. The standard InChI is InChI=1S/C15H15NO3/c1-18-12-6-11(7-13(8-12)19-2)15(17)14-5-3-4-10(14)9-16/h6-8H,3-5H2,1-2H3. The second kappa shape index (κ2) is 5.57. The van der Waals surface area contributed by atoms with E-state index in [1.54, 1.807) is 32.4 Å². The van der Waals surface area contributed by atoms with Crippen molar-refractivity contribution in [2.75, 3.05) is 14.2 Å². The van der Waals surface area contributed by atoms with E-state index in [1.165, 1.54) is 0 Å². The molecule has 0 saturated heterocycles. The van der Waals surface area contributed by atoms with Crippen LogP contribution in [-0.2, 0) is 0 Å². The SMILES string of the molecule is COc1cc(OC)cc(C(=O)C2=C(C#N)CCC2)c1. The van der Waals surface area contributed by atoms with Gasteiger partial charge in [0.25, 0.3) is 0 Å². The first-order valence-corrected chi connectivity index (χ1v) is 6.09. The first-order chi connectivity index (χ1) is 9.19. The van der Waals surface area contributed by atoms with Crippen LogP contribution in [0.15, 0.2) is 29.3 Å².